The standard InChI is InChI=1S/C9H16ClNO/c10-5-3-7-11-6-2-1-4-9(11)8-12/h3,5,9,12H,1-2,4,6-8H2. The Morgan fingerprint density at radius 3 is 3.00 bits per heavy atom. The van der Waals surface area contributed by atoms with Crippen LogP contribution in [0.3, 0.4) is 0 Å². The van der Waals surface area contributed by atoms with E-state index in [4.69, 9.17) is 16.7 Å². The number of aliphatic hydroxyl groups excluding tert-OH is 1. The molecule has 1 rings (SSSR count). The summed E-state index contributed by atoms with van der Waals surface area (Å²) in [7, 11) is 0. The van der Waals surface area contributed by atoms with E-state index in [-0.39, 0.29) is 6.61 Å². The van der Waals surface area contributed by atoms with Crippen LogP contribution in [0.4, 0.5) is 0 Å². The summed E-state index contributed by atoms with van der Waals surface area (Å²) in [6, 6.07) is 0.353. The molecule has 1 aliphatic heterocycles. The highest BCUT2D eigenvalue weighted by molar-refractivity contribution is 6.25. The molecule has 1 unspecified atom stereocenters. The molecule has 1 fully saturated rings. The maximum atomic E-state index is 9.06. The fourth-order valence-electron chi connectivity index (χ4n) is 1.68. The average Bonchev–Trinajstić information content (AvgIpc) is 2.15. The average molecular weight is 190 g/mol. The van der Waals surface area contributed by atoms with Crippen LogP contribution in [0.25, 0.3) is 0 Å². The Kier molecular flexibility index (Phi) is 4.66. The fourth-order valence-corrected chi connectivity index (χ4v) is 1.76. The van der Waals surface area contributed by atoms with E-state index in [1.54, 1.807) is 5.54 Å². The van der Waals surface area contributed by atoms with Gasteiger partial charge in [-0.15, -0.1) is 0 Å². The minimum Gasteiger partial charge on any atom is -0.395 e. The van der Waals surface area contributed by atoms with Crippen LogP contribution < -0.4 is 0 Å². The van der Waals surface area contributed by atoms with Crippen molar-refractivity contribution in [3.8, 4) is 0 Å². The Balaban J connectivity index is 2.36. The molecule has 0 spiro atoms. The lowest BCUT2D eigenvalue weighted by atomic mass is 10.0. The second-order valence-electron chi connectivity index (χ2n) is 3.19. The van der Waals surface area contributed by atoms with Crippen molar-refractivity contribution in [3.05, 3.63) is 11.6 Å². The summed E-state index contributed by atoms with van der Waals surface area (Å²) in [4.78, 5) is 2.28. The third kappa shape index (κ3) is 2.77. The zero-order chi connectivity index (χ0) is 8.81. The molecule has 70 valence electrons. The first-order chi connectivity index (χ1) is 5.88. The first-order valence-electron chi connectivity index (χ1n) is 4.48. The highest BCUT2D eigenvalue weighted by Gasteiger charge is 2.19. The summed E-state index contributed by atoms with van der Waals surface area (Å²) in [6.07, 6.45) is 5.53. The van der Waals surface area contributed by atoms with E-state index in [0.717, 1.165) is 19.5 Å². The number of nitrogens with zero attached hydrogens (tertiary/aromatic N) is 1. The molecule has 12 heavy (non-hydrogen) atoms. The quantitative estimate of drug-likeness (QED) is 0.729. The largest absolute Gasteiger partial charge is 0.395 e. The molecule has 0 amide bonds. The van der Waals surface area contributed by atoms with Gasteiger partial charge in [-0.3, -0.25) is 4.90 Å². The van der Waals surface area contributed by atoms with Gasteiger partial charge in [-0.2, -0.15) is 0 Å². The van der Waals surface area contributed by atoms with Crippen LogP contribution >= 0.6 is 11.6 Å². The van der Waals surface area contributed by atoms with E-state index in [1.807, 2.05) is 6.08 Å². The highest BCUT2D eigenvalue weighted by Crippen LogP contribution is 2.15. The first-order valence-corrected chi connectivity index (χ1v) is 4.92. The van der Waals surface area contributed by atoms with Crippen molar-refractivity contribution in [1.82, 2.24) is 4.90 Å². The molecule has 0 radical (unpaired) electrons. The zero-order valence-electron chi connectivity index (χ0n) is 7.25. The minimum atomic E-state index is 0.274. The summed E-state index contributed by atoms with van der Waals surface area (Å²) in [5.41, 5.74) is 1.54. The third-order valence-corrected chi connectivity index (χ3v) is 2.57. The Morgan fingerprint density at radius 1 is 1.50 bits per heavy atom. The molecular formula is C9H16ClNO. The lowest BCUT2D eigenvalue weighted by Crippen LogP contribution is -2.41. The van der Waals surface area contributed by atoms with E-state index in [9.17, 15) is 0 Å². The van der Waals surface area contributed by atoms with Crippen LogP contribution in [-0.2, 0) is 0 Å². The molecule has 2 nitrogen and oxygen atoms in total. The van der Waals surface area contributed by atoms with Gasteiger partial charge in [-0.1, -0.05) is 24.1 Å². The molecule has 0 aliphatic carbocycles. The maximum Gasteiger partial charge on any atom is 0.0586 e. The van der Waals surface area contributed by atoms with Gasteiger partial charge in [0.15, 0.2) is 0 Å². The molecule has 0 aromatic heterocycles. The molecule has 1 heterocycles. The number of piperidine rings is 1. The van der Waals surface area contributed by atoms with Gasteiger partial charge in [0.1, 0.15) is 0 Å². The van der Waals surface area contributed by atoms with E-state index in [2.05, 4.69) is 4.90 Å². The molecule has 1 N–H and O–H groups in total. The number of rotatable bonds is 3. The van der Waals surface area contributed by atoms with Crippen LogP contribution in [0.2, 0.25) is 0 Å². The van der Waals surface area contributed by atoms with Gasteiger partial charge in [0.2, 0.25) is 0 Å². The van der Waals surface area contributed by atoms with Crippen LogP contribution in [-0.4, -0.2) is 35.7 Å². The van der Waals surface area contributed by atoms with Gasteiger partial charge in [-0.05, 0) is 19.4 Å². The van der Waals surface area contributed by atoms with E-state index < -0.39 is 0 Å². The van der Waals surface area contributed by atoms with Crippen LogP contribution in [0.1, 0.15) is 19.3 Å². The number of hydrogen-bond acceptors (Lipinski definition) is 2. The van der Waals surface area contributed by atoms with Crippen LogP contribution in [0.5, 0.6) is 0 Å². The summed E-state index contributed by atoms with van der Waals surface area (Å²) in [6.45, 7) is 2.23. The lowest BCUT2D eigenvalue weighted by molar-refractivity contribution is 0.101. The van der Waals surface area contributed by atoms with Crippen molar-refractivity contribution in [2.45, 2.75) is 25.3 Å². The summed E-state index contributed by atoms with van der Waals surface area (Å²) in [5, 5.41) is 9.06. The second kappa shape index (κ2) is 5.57. The topological polar surface area (TPSA) is 23.5 Å². The van der Waals surface area contributed by atoms with Gasteiger partial charge in [0.25, 0.3) is 0 Å². The molecule has 0 aromatic carbocycles. The predicted molar refractivity (Wildman–Crippen MR) is 51.3 cm³/mol. The maximum absolute atomic E-state index is 9.06. The number of likely N-dealkylation sites (tertiary alicyclic amines) is 1. The van der Waals surface area contributed by atoms with Gasteiger partial charge >= 0.3 is 0 Å². The molecule has 1 aliphatic rings. The van der Waals surface area contributed by atoms with E-state index >= 15 is 0 Å². The summed E-state index contributed by atoms with van der Waals surface area (Å²) in [5.74, 6) is 0. The van der Waals surface area contributed by atoms with Crippen LogP contribution in [0.15, 0.2) is 11.6 Å². The second-order valence-corrected chi connectivity index (χ2v) is 3.44. The molecule has 3 heteroatoms. The van der Waals surface area contributed by atoms with Gasteiger partial charge in [0, 0.05) is 18.1 Å². The number of hydrogen-bond donors (Lipinski definition) is 1. The summed E-state index contributed by atoms with van der Waals surface area (Å²) >= 11 is 5.44. The van der Waals surface area contributed by atoms with Crippen molar-refractivity contribution in [3.63, 3.8) is 0 Å². The molecular weight excluding hydrogens is 174 g/mol. The van der Waals surface area contributed by atoms with E-state index in [0.29, 0.717) is 6.04 Å². The molecule has 1 atom stereocenters. The molecule has 0 saturated carbocycles. The molecule has 1 saturated heterocycles. The minimum absolute atomic E-state index is 0.274. The van der Waals surface area contributed by atoms with Crippen molar-refractivity contribution >= 4 is 11.6 Å². The Bertz CT molecular complexity index is 149. The normalized spacial score (nSPS) is 26.7. The van der Waals surface area contributed by atoms with Gasteiger partial charge in [-0.25, -0.2) is 0 Å². The lowest BCUT2D eigenvalue weighted by Gasteiger charge is -2.33. The number of aliphatic hydroxyl groups is 1. The molecule has 0 bridgehead atoms. The van der Waals surface area contributed by atoms with E-state index in [1.165, 1.54) is 12.8 Å². The molecule has 0 aromatic rings. The van der Waals surface area contributed by atoms with Crippen molar-refractivity contribution < 1.29 is 5.11 Å². The van der Waals surface area contributed by atoms with Gasteiger partial charge in [0.05, 0.1) is 6.61 Å². The van der Waals surface area contributed by atoms with Crippen molar-refractivity contribution in [2.75, 3.05) is 19.7 Å². The third-order valence-electron chi connectivity index (χ3n) is 2.39. The Morgan fingerprint density at radius 2 is 2.33 bits per heavy atom. The van der Waals surface area contributed by atoms with Crippen LogP contribution in [0, 0.1) is 0 Å². The first kappa shape index (κ1) is 10.0. The van der Waals surface area contributed by atoms with Crippen molar-refractivity contribution in [2.24, 2.45) is 0 Å². The predicted octanol–water partition coefficient (Wildman–Crippen LogP) is 1.59. The summed E-state index contributed by atoms with van der Waals surface area (Å²) < 4.78 is 0. The Labute approximate surface area is 78.8 Å². The fraction of sp³-hybridized carbons (Fsp3) is 0.778. The SMILES string of the molecule is OCC1CCCCN1CC=CCl. The highest BCUT2D eigenvalue weighted by atomic mass is 35.5. The zero-order valence-corrected chi connectivity index (χ0v) is 8.00. The smallest absolute Gasteiger partial charge is 0.0586 e. The van der Waals surface area contributed by atoms with Gasteiger partial charge < -0.3 is 5.11 Å². The Hall–Kier alpha value is -0.0500. The monoisotopic (exact) mass is 189 g/mol. The van der Waals surface area contributed by atoms with Crippen molar-refractivity contribution in [1.29, 1.82) is 0 Å². The number of halogens is 1.